The van der Waals surface area contributed by atoms with Crippen molar-refractivity contribution in [1.29, 1.82) is 0 Å². The molecule has 2 amide bonds. The van der Waals surface area contributed by atoms with Crippen LogP contribution in [0.4, 0.5) is 0 Å². The van der Waals surface area contributed by atoms with E-state index in [1.54, 1.807) is 4.90 Å². The average molecular weight is 294 g/mol. The first-order chi connectivity index (χ1) is 9.77. The first-order valence-electron chi connectivity index (χ1n) is 6.98. The van der Waals surface area contributed by atoms with Gasteiger partial charge in [0.15, 0.2) is 0 Å². The second-order valence-electron chi connectivity index (χ2n) is 5.07. The SMILES string of the molecule is O=C([C@@H]1CCCN1C(=O)c1cccs1)N1CCOCC1. The molecule has 20 heavy (non-hydrogen) atoms. The van der Waals surface area contributed by atoms with Crippen molar-refractivity contribution in [1.82, 2.24) is 9.80 Å². The van der Waals surface area contributed by atoms with Gasteiger partial charge in [-0.15, -0.1) is 11.3 Å². The number of hydrogen-bond acceptors (Lipinski definition) is 4. The topological polar surface area (TPSA) is 49.9 Å². The van der Waals surface area contributed by atoms with Crippen LogP contribution in [0.5, 0.6) is 0 Å². The third-order valence-corrected chi connectivity index (χ3v) is 4.71. The van der Waals surface area contributed by atoms with Gasteiger partial charge in [0.1, 0.15) is 6.04 Å². The number of carbonyl (C=O) groups is 2. The van der Waals surface area contributed by atoms with Crippen LogP contribution in [-0.2, 0) is 9.53 Å². The fourth-order valence-electron chi connectivity index (χ4n) is 2.80. The Hall–Kier alpha value is -1.40. The average Bonchev–Trinajstić information content (AvgIpc) is 3.18. The van der Waals surface area contributed by atoms with E-state index in [-0.39, 0.29) is 17.9 Å². The van der Waals surface area contributed by atoms with E-state index in [1.807, 2.05) is 22.4 Å². The number of carbonyl (C=O) groups excluding carboxylic acids is 2. The summed E-state index contributed by atoms with van der Waals surface area (Å²) in [7, 11) is 0. The summed E-state index contributed by atoms with van der Waals surface area (Å²) in [4.78, 5) is 29.3. The monoisotopic (exact) mass is 294 g/mol. The molecule has 3 heterocycles. The Morgan fingerprint density at radius 1 is 1.25 bits per heavy atom. The summed E-state index contributed by atoms with van der Waals surface area (Å²) >= 11 is 1.43. The molecule has 0 aliphatic carbocycles. The zero-order chi connectivity index (χ0) is 13.9. The highest BCUT2D eigenvalue weighted by atomic mass is 32.1. The minimum Gasteiger partial charge on any atom is -0.378 e. The van der Waals surface area contributed by atoms with Crippen molar-refractivity contribution in [3.63, 3.8) is 0 Å². The van der Waals surface area contributed by atoms with Gasteiger partial charge in [0.2, 0.25) is 5.91 Å². The molecule has 0 saturated carbocycles. The molecule has 3 rings (SSSR count). The van der Waals surface area contributed by atoms with Crippen molar-refractivity contribution in [2.75, 3.05) is 32.8 Å². The molecule has 1 atom stereocenters. The van der Waals surface area contributed by atoms with Gasteiger partial charge in [-0.1, -0.05) is 6.07 Å². The maximum atomic E-state index is 12.6. The number of ether oxygens (including phenoxy) is 1. The molecule has 1 aromatic rings. The number of nitrogens with zero attached hydrogens (tertiary/aromatic N) is 2. The van der Waals surface area contributed by atoms with E-state index in [0.717, 1.165) is 12.8 Å². The summed E-state index contributed by atoms with van der Waals surface area (Å²) in [5.41, 5.74) is 0. The van der Waals surface area contributed by atoms with Crippen molar-refractivity contribution in [2.24, 2.45) is 0 Å². The lowest BCUT2D eigenvalue weighted by Crippen LogP contribution is -2.50. The summed E-state index contributed by atoms with van der Waals surface area (Å²) in [6.45, 7) is 3.14. The summed E-state index contributed by atoms with van der Waals surface area (Å²) in [6, 6.07) is 3.40. The van der Waals surface area contributed by atoms with E-state index >= 15 is 0 Å². The molecule has 2 fully saturated rings. The van der Waals surface area contributed by atoms with Gasteiger partial charge in [0.25, 0.3) is 5.91 Å². The van der Waals surface area contributed by atoms with E-state index in [0.29, 0.717) is 37.7 Å². The van der Waals surface area contributed by atoms with Gasteiger partial charge in [-0.2, -0.15) is 0 Å². The highest BCUT2D eigenvalue weighted by molar-refractivity contribution is 7.12. The first kappa shape index (κ1) is 13.6. The fourth-order valence-corrected chi connectivity index (χ4v) is 3.48. The molecule has 2 saturated heterocycles. The van der Waals surface area contributed by atoms with Gasteiger partial charge in [-0.05, 0) is 24.3 Å². The van der Waals surface area contributed by atoms with Crippen molar-refractivity contribution in [3.05, 3.63) is 22.4 Å². The number of likely N-dealkylation sites (tertiary alicyclic amines) is 1. The number of morpholine rings is 1. The number of rotatable bonds is 2. The lowest BCUT2D eigenvalue weighted by molar-refractivity contribution is -0.139. The largest absolute Gasteiger partial charge is 0.378 e. The number of amides is 2. The molecule has 6 heteroatoms. The smallest absolute Gasteiger partial charge is 0.264 e. The molecule has 0 bridgehead atoms. The minimum absolute atomic E-state index is 0.0101. The van der Waals surface area contributed by atoms with Gasteiger partial charge in [0, 0.05) is 19.6 Å². The van der Waals surface area contributed by atoms with Gasteiger partial charge in [0.05, 0.1) is 18.1 Å². The summed E-state index contributed by atoms with van der Waals surface area (Å²) < 4.78 is 5.27. The molecular weight excluding hydrogens is 276 g/mol. The van der Waals surface area contributed by atoms with Gasteiger partial charge in [-0.25, -0.2) is 0 Å². The predicted molar refractivity (Wildman–Crippen MR) is 75.8 cm³/mol. The normalized spacial score (nSPS) is 23.1. The Bertz CT molecular complexity index is 483. The Kier molecular flexibility index (Phi) is 4.03. The molecule has 2 aliphatic rings. The molecule has 0 radical (unpaired) electrons. The molecule has 0 unspecified atom stereocenters. The van der Waals surface area contributed by atoms with Crippen LogP contribution in [0.1, 0.15) is 22.5 Å². The molecule has 0 spiro atoms. The first-order valence-corrected chi connectivity index (χ1v) is 7.86. The van der Waals surface area contributed by atoms with Crippen LogP contribution in [0.25, 0.3) is 0 Å². The third-order valence-electron chi connectivity index (χ3n) is 3.85. The maximum absolute atomic E-state index is 12.6. The standard InChI is InChI=1S/C14H18N2O3S/c17-13(15-6-8-19-9-7-15)11-3-1-5-16(11)14(18)12-4-2-10-20-12/h2,4,10-11H,1,3,5-9H2/t11-/m0/s1. The predicted octanol–water partition coefficient (Wildman–Crippen LogP) is 1.21. The zero-order valence-corrected chi connectivity index (χ0v) is 12.1. The van der Waals surface area contributed by atoms with Crippen LogP contribution >= 0.6 is 11.3 Å². The Balaban J connectivity index is 1.71. The highest BCUT2D eigenvalue weighted by Crippen LogP contribution is 2.23. The van der Waals surface area contributed by atoms with Gasteiger partial charge in [-0.3, -0.25) is 9.59 Å². The Labute approximate surface area is 122 Å². The summed E-state index contributed by atoms with van der Waals surface area (Å²) in [6.07, 6.45) is 1.67. The second kappa shape index (κ2) is 5.93. The third kappa shape index (κ3) is 2.58. The van der Waals surface area contributed by atoms with E-state index in [2.05, 4.69) is 0 Å². The summed E-state index contributed by atoms with van der Waals surface area (Å²) in [5, 5.41) is 1.89. The highest BCUT2D eigenvalue weighted by Gasteiger charge is 2.37. The second-order valence-corrected chi connectivity index (χ2v) is 6.02. The molecule has 1 aromatic heterocycles. The fraction of sp³-hybridized carbons (Fsp3) is 0.571. The van der Waals surface area contributed by atoms with Gasteiger partial charge < -0.3 is 14.5 Å². The molecule has 5 nitrogen and oxygen atoms in total. The lowest BCUT2D eigenvalue weighted by Gasteiger charge is -2.32. The van der Waals surface area contributed by atoms with E-state index in [4.69, 9.17) is 4.74 Å². The summed E-state index contributed by atoms with van der Waals surface area (Å²) in [5.74, 6) is 0.0693. The lowest BCUT2D eigenvalue weighted by atomic mass is 10.2. The van der Waals surface area contributed by atoms with Crippen molar-refractivity contribution in [3.8, 4) is 0 Å². The van der Waals surface area contributed by atoms with Crippen LogP contribution < -0.4 is 0 Å². The van der Waals surface area contributed by atoms with Crippen molar-refractivity contribution < 1.29 is 14.3 Å². The van der Waals surface area contributed by atoms with Crippen LogP contribution in [0.3, 0.4) is 0 Å². The number of thiophene rings is 1. The van der Waals surface area contributed by atoms with Crippen molar-refractivity contribution >= 4 is 23.2 Å². The van der Waals surface area contributed by atoms with E-state index in [1.165, 1.54) is 11.3 Å². The zero-order valence-electron chi connectivity index (χ0n) is 11.3. The molecule has 0 N–H and O–H groups in total. The van der Waals surface area contributed by atoms with Crippen LogP contribution in [0.2, 0.25) is 0 Å². The maximum Gasteiger partial charge on any atom is 0.264 e. The minimum atomic E-state index is -0.289. The molecule has 2 aliphatic heterocycles. The van der Waals surface area contributed by atoms with E-state index < -0.39 is 0 Å². The number of hydrogen-bond donors (Lipinski definition) is 0. The quantitative estimate of drug-likeness (QED) is 0.824. The van der Waals surface area contributed by atoms with Crippen molar-refractivity contribution in [2.45, 2.75) is 18.9 Å². The van der Waals surface area contributed by atoms with Crippen LogP contribution in [0, 0.1) is 0 Å². The molecular formula is C14H18N2O3S. The van der Waals surface area contributed by atoms with E-state index in [9.17, 15) is 9.59 Å². The van der Waals surface area contributed by atoms with Crippen LogP contribution in [0.15, 0.2) is 17.5 Å². The van der Waals surface area contributed by atoms with Crippen LogP contribution in [-0.4, -0.2) is 60.5 Å². The Morgan fingerprint density at radius 2 is 2.05 bits per heavy atom. The Morgan fingerprint density at radius 3 is 2.75 bits per heavy atom. The van der Waals surface area contributed by atoms with Gasteiger partial charge >= 0.3 is 0 Å². The molecule has 108 valence electrons. The molecule has 0 aromatic carbocycles.